The third kappa shape index (κ3) is 2.25. The maximum atomic E-state index is 13.3. The Labute approximate surface area is 156 Å². The van der Waals surface area contributed by atoms with E-state index in [1.54, 1.807) is 16.0 Å². The van der Waals surface area contributed by atoms with Crippen LogP contribution in [-0.2, 0) is 0 Å². The molecule has 3 aromatic carbocycles. The van der Waals surface area contributed by atoms with Crippen LogP contribution in [0.1, 0.15) is 38.0 Å². The van der Waals surface area contributed by atoms with Crippen LogP contribution in [0.25, 0.3) is 0 Å². The molecule has 5 rings (SSSR count). The number of hydrogen-bond donors (Lipinski definition) is 1. The van der Waals surface area contributed by atoms with Crippen LogP contribution in [0, 0.1) is 6.92 Å². The molecule has 1 unspecified atom stereocenters. The summed E-state index contributed by atoms with van der Waals surface area (Å²) in [4.78, 5) is 28.1. The zero-order valence-electron chi connectivity index (χ0n) is 14.7. The average molecular weight is 355 g/mol. The van der Waals surface area contributed by atoms with Crippen molar-refractivity contribution < 1.29 is 9.59 Å². The number of nitrogens with zero attached hydrogens (tertiary/aromatic N) is 2. The standard InChI is InChI=1S/C22H17N3O2/c1-14-10-12-15(13-11-14)23-25-20-16-6-2-3-7-17(16)21(26)24(20)19-9-5-4-8-18(19)22(25)27/h2-13,20,23H,1H3. The van der Waals surface area contributed by atoms with Crippen molar-refractivity contribution >= 4 is 23.2 Å². The van der Waals surface area contributed by atoms with E-state index in [0.29, 0.717) is 16.8 Å². The lowest BCUT2D eigenvalue weighted by molar-refractivity contribution is 0.0700. The summed E-state index contributed by atoms with van der Waals surface area (Å²) in [7, 11) is 0. The molecule has 5 nitrogen and oxygen atoms in total. The van der Waals surface area contributed by atoms with Crippen LogP contribution in [-0.4, -0.2) is 16.8 Å². The Balaban J connectivity index is 1.67. The van der Waals surface area contributed by atoms with Gasteiger partial charge in [0.1, 0.15) is 0 Å². The van der Waals surface area contributed by atoms with Crippen molar-refractivity contribution in [2.75, 3.05) is 10.3 Å². The number of hydrogen-bond acceptors (Lipinski definition) is 3. The van der Waals surface area contributed by atoms with Gasteiger partial charge in [-0.1, -0.05) is 48.0 Å². The average Bonchev–Trinajstić information content (AvgIpc) is 3.00. The molecule has 0 saturated carbocycles. The second kappa shape index (κ2) is 5.71. The summed E-state index contributed by atoms with van der Waals surface area (Å²) in [5, 5.41) is 1.55. The monoisotopic (exact) mass is 355 g/mol. The molecule has 2 aliphatic heterocycles. The summed E-state index contributed by atoms with van der Waals surface area (Å²) < 4.78 is 0. The highest BCUT2D eigenvalue weighted by Crippen LogP contribution is 2.44. The molecule has 0 aromatic heterocycles. The molecule has 2 aliphatic rings. The zero-order chi connectivity index (χ0) is 18.5. The minimum Gasteiger partial charge on any atom is -0.293 e. The van der Waals surface area contributed by atoms with Crippen LogP contribution in [0.3, 0.4) is 0 Å². The van der Waals surface area contributed by atoms with E-state index >= 15 is 0 Å². The fourth-order valence-corrected chi connectivity index (χ4v) is 3.78. The number of carbonyl (C=O) groups is 2. The van der Waals surface area contributed by atoms with Gasteiger partial charge in [0.05, 0.1) is 16.9 Å². The summed E-state index contributed by atoms with van der Waals surface area (Å²) in [5.41, 5.74) is 7.76. The molecular weight excluding hydrogens is 338 g/mol. The summed E-state index contributed by atoms with van der Waals surface area (Å²) >= 11 is 0. The first-order valence-corrected chi connectivity index (χ1v) is 8.83. The van der Waals surface area contributed by atoms with E-state index in [4.69, 9.17) is 0 Å². The van der Waals surface area contributed by atoms with E-state index < -0.39 is 6.17 Å². The SMILES string of the molecule is Cc1ccc(NN2C(=O)c3ccccc3N3C(=O)c4ccccc4C23)cc1. The van der Waals surface area contributed by atoms with Crippen molar-refractivity contribution in [2.45, 2.75) is 13.1 Å². The first-order chi connectivity index (χ1) is 13.1. The van der Waals surface area contributed by atoms with Gasteiger partial charge < -0.3 is 0 Å². The third-order valence-electron chi connectivity index (χ3n) is 5.09. The molecule has 132 valence electrons. The van der Waals surface area contributed by atoms with Gasteiger partial charge in [0, 0.05) is 11.1 Å². The fraction of sp³-hybridized carbons (Fsp3) is 0.0909. The van der Waals surface area contributed by atoms with Crippen LogP contribution in [0.5, 0.6) is 0 Å². The number of anilines is 2. The lowest BCUT2D eigenvalue weighted by Gasteiger charge is -2.41. The van der Waals surface area contributed by atoms with Crippen LogP contribution in [0.15, 0.2) is 72.8 Å². The summed E-state index contributed by atoms with van der Waals surface area (Å²) in [6.45, 7) is 2.01. The molecule has 0 bridgehead atoms. The van der Waals surface area contributed by atoms with Gasteiger partial charge in [0.15, 0.2) is 6.17 Å². The first-order valence-electron chi connectivity index (χ1n) is 8.83. The van der Waals surface area contributed by atoms with Crippen molar-refractivity contribution in [3.8, 4) is 0 Å². The summed E-state index contributed by atoms with van der Waals surface area (Å²) in [5.74, 6) is -0.247. The van der Waals surface area contributed by atoms with Gasteiger partial charge in [0.2, 0.25) is 0 Å². The Hall–Kier alpha value is -3.60. The lowest BCUT2D eigenvalue weighted by atomic mass is 10.0. The Kier molecular flexibility index (Phi) is 3.31. The van der Waals surface area contributed by atoms with E-state index in [1.807, 2.05) is 73.7 Å². The van der Waals surface area contributed by atoms with E-state index in [2.05, 4.69) is 5.43 Å². The van der Waals surface area contributed by atoms with E-state index in [1.165, 1.54) is 0 Å². The maximum absolute atomic E-state index is 13.3. The minimum absolute atomic E-state index is 0.0914. The molecule has 0 fully saturated rings. The Morgan fingerprint density at radius 2 is 1.44 bits per heavy atom. The molecule has 0 spiro atoms. The second-order valence-electron chi connectivity index (χ2n) is 6.81. The zero-order valence-corrected chi connectivity index (χ0v) is 14.7. The molecule has 0 aliphatic carbocycles. The molecule has 3 aromatic rings. The number of para-hydroxylation sites is 1. The number of hydrazine groups is 1. The van der Waals surface area contributed by atoms with E-state index in [9.17, 15) is 9.59 Å². The van der Waals surface area contributed by atoms with Gasteiger partial charge in [-0.05, 0) is 37.3 Å². The van der Waals surface area contributed by atoms with Crippen LogP contribution >= 0.6 is 0 Å². The van der Waals surface area contributed by atoms with Gasteiger partial charge in [-0.2, -0.15) is 0 Å². The predicted molar refractivity (Wildman–Crippen MR) is 103 cm³/mol. The number of nitrogens with one attached hydrogen (secondary N) is 1. The van der Waals surface area contributed by atoms with Crippen molar-refractivity contribution in [1.29, 1.82) is 0 Å². The lowest BCUT2D eigenvalue weighted by Crippen LogP contribution is -2.50. The van der Waals surface area contributed by atoms with Crippen LogP contribution < -0.4 is 10.3 Å². The van der Waals surface area contributed by atoms with Crippen molar-refractivity contribution in [1.82, 2.24) is 5.01 Å². The largest absolute Gasteiger partial charge is 0.293 e. The van der Waals surface area contributed by atoms with E-state index in [-0.39, 0.29) is 11.8 Å². The molecule has 1 atom stereocenters. The van der Waals surface area contributed by atoms with Crippen molar-refractivity contribution in [2.24, 2.45) is 0 Å². The molecule has 2 amide bonds. The third-order valence-corrected chi connectivity index (χ3v) is 5.09. The second-order valence-corrected chi connectivity index (χ2v) is 6.81. The van der Waals surface area contributed by atoms with Crippen LogP contribution in [0.2, 0.25) is 0 Å². The van der Waals surface area contributed by atoms with Gasteiger partial charge in [-0.3, -0.25) is 19.9 Å². The highest BCUT2D eigenvalue weighted by atomic mass is 16.2. The quantitative estimate of drug-likeness (QED) is 0.752. The Morgan fingerprint density at radius 1 is 0.778 bits per heavy atom. The molecule has 1 N–H and O–H groups in total. The Morgan fingerprint density at radius 3 is 2.22 bits per heavy atom. The fourth-order valence-electron chi connectivity index (χ4n) is 3.78. The molecule has 2 heterocycles. The minimum atomic E-state index is -0.516. The van der Waals surface area contributed by atoms with Gasteiger partial charge in [-0.15, -0.1) is 0 Å². The first kappa shape index (κ1) is 15.6. The molecule has 0 saturated heterocycles. The number of benzene rings is 3. The molecule has 5 heteroatoms. The van der Waals surface area contributed by atoms with Crippen LogP contribution in [0.4, 0.5) is 11.4 Å². The van der Waals surface area contributed by atoms with E-state index in [0.717, 1.165) is 16.8 Å². The summed E-state index contributed by atoms with van der Waals surface area (Å²) in [6.07, 6.45) is -0.516. The number of rotatable bonds is 2. The Bertz CT molecular complexity index is 1070. The van der Waals surface area contributed by atoms with Crippen molar-refractivity contribution in [3.63, 3.8) is 0 Å². The molecule has 27 heavy (non-hydrogen) atoms. The molecule has 0 radical (unpaired) electrons. The highest BCUT2D eigenvalue weighted by molar-refractivity contribution is 6.16. The normalized spacial score (nSPS) is 17.4. The smallest absolute Gasteiger partial charge is 0.276 e. The maximum Gasteiger partial charge on any atom is 0.276 e. The number of fused-ring (bicyclic) bond motifs is 5. The highest BCUT2D eigenvalue weighted by Gasteiger charge is 2.48. The summed E-state index contributed by atoms with van der Waals surface area (Å²) in [6, 6.07) is 22.5. The topological polar surface area (TPSA) is 52.7 Å². The number of aryl methyl sites for hydroxylation is 1. The van der Waals surface area contributed by atoms with Gasteiger partial charge >= 0.3 is 0 Å². The number of amides is 2. The van der Waals surface area contributed by atoms with Gasteiger partial charge in [0.25, 0.3) is 11.8 Å². The predicted octanol–water partition coefficient (Wildman–Crippen LogP) is 4.14. The molecular formula is C22H17N3O2. The number of carbonyl (C=O) groups excluding carboxylic acids is 2. The van der Waals surface area contributed by atoms with Crippen molar-refractivity contribution in [3.05, 3.63) is 95.1 Å². The van der Waals surface area contributed by atoms with Gasteiger partial charge in [-0.25, -0.2) is 5.01 Å².